The summed E-state index contributed by atoms with van der Waals surface area (Å²) in [4.78, 5) is 12.5. The first-order valence-corrected chi connectivity index (χ1v) is 6.28. The number of amides is 1. The Hall–Kier alpha value is -1.73. The maximum absolute atomic E-state index is 11.7. The number of nitrogens with one attached hydrogen (secondary N) is 1. The molecule has 0 aliphatic carbocycles. The van der Waals surface area contributed by atoms with Gasteiger partial charge in [-0.2, -0.15) is 0 Å². The van der Waals surface area contributed by atoms with Crippen molar-refractivity contribution >= 4 is 17.2 Å². The van der Waals surface area contributed by atoms with Gasteiger partial charge in [0.2, 0.25) is 0 Å². The number of hydrogen-bond acceptors (Lipinski definition) is 5. The van der Waals surface area contributed by atoms with E-state index in [4.69, 9.17) is 0 Å². The highest BCUT2D eigenvalue weighted by Crippen LogP contribution is 2.24. The van der Waals surface area contributed by atoms with Gasteiger partial charge in [-0.15, -0.1) is 16.4 Å². The molecule has 1 unspecified atom stereocenters. The van der Waals surface area contributed by atoms with Crippen LogP contribution in [0.3, 0.4) is 0 Å². The summed E-state index contributed by atoms with van der Waals surface area (Å²) in [5.41, 5.74) is -0.842. The monoisotopic (exact) mass is 266 g/mol. The molecule has 2 rings (SSSR count). The highest BCUT2D eigenvalue weighted by molar-refractivity contribution is 7.10. The smallest absolute Gasteiger partial charge is 0.273 e. The van der Waals surface area contributed by atoms with Crippen LogP contribution in [-0.2, 0) is 12.6 Å². The molecule has 1 amide bonds. The molecule has 0 bridgehead atoms. The number of nitrogens with zero attached hydrogens (tertiary/aromatic N) is 3. The maximum atomic E-state index is 11.7. The maximum Gasteiger partial charge on any atom is 0.273 e. The first-order chi connectivity index (χ1) is 8.49. The van der Waals surface area contributed by atoms with Gasteiger partial charge in [-0.3, -0.25) is 9.48 Å². The zero-order valence-corrected chi connectivity index (χ0v) is 10.9. The van der Waals surface area contributed by atoms with E-state index in [1.54, 1.807) is 14.0 Å². The average molecular weight is 266 g/mol. The third-order valence-electron chi connectivity index (χ3n) is 2.48. The van der Waals surface area contributed by atoms with Gasteiger partial charge in [0.1, 0.15) is 5.60 Å². The van der Waals surface area contributed by atoms with Crippen molar-refractivity contribution in [1.82, 2.24) is 20.3 Å². The summed E-state index contributed by atoms with van der Waals surface area (Å²) >= 11 is 1.45. The topological polar surface area (TPSA) is 80.0 Å². The second-order valence-corrected chi connectivity index (χ2v) is 5.16. The zero-order chi connectivity index (χ0) is 13.2. The molecule has 0 radical (unpaired) electrons. The van der Waals surface area contributed by atoms with Crippen molar-refractivity contribution in [3.05, 3.63) is 34.3 Å². The van der Waals surface area contributed by atoms with E-state index in [1.807, 2.05) is 17.5 Å². The van der Waals surface area contributed by atoms with E-state index in [9.17, 15) is 9.90 Å². The van der Waals surface area contributed by atoms with Gasteiger partial charge < -0.3 is 10.4 Å². The molecule has 0 saturated carbocycles. The second kappa shape index (κ2) is 4.87. The Balaban J connectivity index is 1.98. The largest absolute Gasteiger partial charge is 0.383 e. The molecule has 0 aromatic carbocycles. The molecule has 0 spiro atoms. The average Bonchev–Trinajstić information content (AvgIpc) is 2.96. The molecule has 2 aromatic heterocycles. The molecule has 96 valence electrons. The van der Waals surface area contributed by atoms with Gasteiger partial charge >= 0.3 is 0 Å². The van der Waals surface area contributed by atoms with Gasteiger partial charge in [-0.05, 0) is 18.4 Å². The number of rotatable bonds is 4. The van der Waals surface area contributed by atoms with E-state index in [1.165, 1.54) is 22.2 Å². The minimum Gasteiger partial charge on any atom is -0.383 e. The van der Waals surface area contributed by atoms with Crippen LogP contribution in [0.25, 0.3) is 0 Å². The summed E-state index contributed by atoms with van der Waals surface area (Å²) in [7, 11) is 1.69. The van der Waals surface area contributed by atoms with Gasteiger partial charge in [0.25, 0.3) is 5.91 Å². The van der Waals surface area contributed by atoms with Crippen molar-refractivity contribution in [3.8, 4) is 0 Å². The molecule has 7 heteroatoms. The van der Waals surface area contributed by atoms with Gasteiger partial charge in [-0.25, -0.2) is 0 Å². The van der Waals surface area contributed by atoms with Gasteiger partial charge in [-0.1, -0.05) is 11.3 Å². The summed E-state index contributed by atoms with van der Waals surface area (Å²) in [5, 5.41) is 22.1. The molecule has 2 heterocycles. The summed E-state index contributed by atoms with van der Waals surface area (Å²) in [5.74, 6) is -0.347. The van der Waals surface area contributed by atoms with Crippen molar-refractivity contribution < 1.29 is 9.90 Å². The fourth-order valence-corrected chi connectivity index (χ4v) is 2.25. The minimum atomic E-state index is -1.08. The van der Waals surface area contributed by atoms with E-state index < -0.39 is 5.60 Å². The molecule has 0 saturated heterocycles. The molecule has 6 nitrogen and oxygen atoms in total. The van der Waals surface area contributed by atoms with Crippen molar-refractivity contribution in [2.45, 2.75) is 12.5 Å². The SMILES string of the molecule is Cn1cc(C(=O)NCC(C)(O)c2cccs2)nn1. The first kappa shape index (κ1) is 12.7. The molecule has 1 atom stereocenters. The molecule has 0 fully saturated rings. The lowest BCUT2D eigenvalue weighted by Gasteiger charge is -2.21. The van der Waals surface area contributed by atoms with Crippen molar-refractivity contribution in [2.75, 3.05) is 6.54 Å². The lowest BCUT2D eigenvalue weighted by atomic mass is 10.1. The van der Waals surface area contributed by atoms with E-state index in [0.29, 0.717) is 0 Å². The van der Waals surface area contributed by atoms with Gasteiger partial charge in [0.05, 0.1) is 12.7 Å². The number of carbonyl (C=O) groups excluding carboxylic acids is 1. The predicted molar refractivity (Wildman–Crippen MR) is 67.2 cm³/mol. The van der Waals surface area contributed by atoms with Crippen LogP contribution in [0, 0.1) is 0 Å². The van der Waals surface area contributed by atoms with Crippen molar-refractivity contribution in [3.63, 3.8) is 0 Å². The summed E-state index contributed by atoms with van der Waals surface area (Å²) in [6.45, 7) is 1.79. The Morgan fingerprint density at radius 1 is 1.67 bits per heavy atom. The molecule has 0 aliphatic rings. The Morgan fingerprint density at radius 2 is 2.44 bits per heavy atom. The Kier molecular flexibility index (Phi) is 3.44. The fraction of sp³-hybridized carbons (Fsp3) is 0.364. The van der Waals surface area contributed by atoms with E-state index in [-0.39, 0.29) is 18.1 Å². The molecule has 0 aliphatic heterocycles. The van der Waals surface area contributed by atoms with E-state index >= 15 is 0 Å². The van der Waals surface area contributed by atoms with Crippen LogP contribution in [0.1, 0.15) is 22.3 Å². The highest BCUT2D eigenvalue weighted by atomic mass is 32.1. The van der Waals surface area contributed by atoms with Crippen LogP contribution in [0.4, 0.5) is 0 Å². The molecule has 18 heavy (non-hydrogen) atoms. The summed E-state index contributed by atoms with van der Waals surface area (Å²) in [6.07, 6.45) is 1.52. The van der Waals surface area contributed by atoms with Crippen LogP contribution in [0.15, 0.2) is 23.7 Å². The van der Waals surface area contributed by atoms with Gasteiger partial charge in [0.15, 0.2) is 5.69 Å². The highest BCUT2D eigenvalue weighted by Gasteiger charge is 2.25. The Bertz CT molecular complexity index is 533. The Morgan fingerprint density at radius 3 is 3.00 bits per heavy atom. The molecular weight excluding hydrogens is 252 g/mol. The molecular formula is C11H14N4O2S. The second-order valence-electron chi connectivity index (χ2n) is 4.21. The van der Waals surface area contributed by atoms with Gasteiger partial charge in [0, 0.05) is 11.9 Å². The fourth-order valence-electron chi connectivity index (χ4n) is 1.47. The third-order valence-corrected chi connectivity index (χ3v) is 3.60. The van der Waals surface area contributed by atoms with Crippen LogP contribution in [-0.4, -0.2) is 32.6 Å². The minimum absolute atomic E-state index is 0.128. The number of aryl methyl sites for hydroxylation is 1. The van der Waals surface area contributed by atoms with E-state index in [2.05, 4.69) is 15.6 Å². The summed E-state index contributed by atoms with van der Waals surface area (Å²) in [6, 6.07) is 3.69. The van der Waals surface area contributed by atoms with Crippen molar-refractivity contribution in [2.24, 2.45) is 7.05 Å². The number of thiophene rings is 1. The number of aromatic nitrogens is 3. The molecule has 2 aromatic rings. The Labute approximate surface area is 108 Å². The standard InChI is InChI=1S/C11H14N4O2S/c1-11(17,9-4-3-5-18-9)7-12-10(16)8-6-15(2)14-13-8/h3-6,17H,7H2,1-2H3,(H,12,16). The lowest BCUT2D eigenvalue weighted by Crippen LogP contribution is -2.38. The number of carbonyl (C=O) groups is 1. The third kappa shape index (κ3) is 2.74. The first-order valence-electron chi connectivity index (χ1n) is 5.40. The predicted octanol–water partition coefficient (Wildman–Crippen LogP) is 0.514. The molecule has 2 N–H and O–H groups in total. The zero-order valence-electron chi connectivity index (χ0n) is 10.1. The quantitative estimate of drug-likeness (QED) is 0.845. The van der Waals surface area contributed by atoms with E-state index in [0.717, 1.165) is 4.88 Å². The summed E-state index contributed by atoms with van der Waals surface area (Å²) < 4.78 is 1.45. The number of aliphatic hydroxyl groups is 1. The van der Waals surface area contributed by atoms with Crippen LogP contribution < -0.4 is 5.32 Å². The number of hydrogen-bond donors (Lipinski definition) is 2. The van der Waals surface area contributed by atoms with Crippen molar-refractivity contribution in [1.29, 1.82) is 0 Å². The van der Waals surface area contributed by atoms with Crippen LogP contribution in [0.5, 0.6) is 0 Å². The normalized spacial score (nSPS) is 14.2. The van der Waals surface area contributed by atoms with Crippen LogP contribution >= 0.6 is 11.3 Å². The van der Waals surface area contributed by atoms with Crippen LogP contribution in [0.2, 0.25) is 0 Å². The lowest BCUT2D eigenvalue weighted by molar-refractivity contribution is 0.0555.